The second-order valence-electron chi connectivity index (χ2n) is 7.44. The van der Waals surface area contributed by atoms with Crippen LogP contribution in [0.25, 0.3) is 0 Å². The zero-order valence-corrected chi connectivity index (χ0v) is 17.6. The first kappa shape index (κ1) is 22.7. The summed E-state index contributed by atoms with van der Waals surface area (Å²) in [4.78, 5) is 38.0. The van der Waals surface area contributed by atoms with Gasteiger partial charge in [0.2, 0.25) is 5.91 Å². The Labute approximate surface area is 173 Å². The summed E-state index contributed by atoms with van der Waals surface area (Å²) >= 11 is 0. The summed E-state index contributed by atoms with van der Waals surface area (Å²) in [6.07, 6.45) is 6.60. The zero-order valence-electron chi connectivity index (χ0n) is 17.6. The molecule has 2 rings (SSSR count). The van der Waals surface area contributed by atoms with Gasteiger partial charge in [0.15, 0.2) is 0 Å². The predicted molar refractivity (Wildman–Crippen MR) is 115 cm³/mol. The van der Waals surface area contributed by atoms with Crippen molar-refractivity contribution >= 4 is 23.5 Å². The molecular weight excluding hydrogens is 368 g/mol. The van der Waals surface area contributed by atoms with Crippen LogP contribution >= 0.6 is 0 Å². The number of nitrogens with one attached hydrogen (secondary N) is 3. The molecule has 29 heavy (non-hydrogen) atoms. The van der Waals surface area contributed by atoms with E-state index < -0.39 is 0 Å². The van der Waals surface area contributed by atoms with E-state index >= 15 is 0 Å². The third-order valence-electron chi connectivity index (χ3n) is 5.27. The van der Waals surface area contributed by atoms with Crippen LogP contribution in [0.2, 0.25) is 0 Å². The number of urea groups is 1. The van der Waals surface area contributed by atoms with Crippen molar-refractivity contribution in [2.24, 2.45) is 0 Å². The maximum atomic E-state index is 12.3. The normalized spacial score (nSPS) is 14.1. The number of benzene rings is 1. The van der Waals surface area contributed by atoms with Gasteiger partial charge in [-0.2, -0.15) is 0 Å². The van der Waals surface area contributed by atoms with Crippen LogP contribution in [0.15, 0.2) is 24.3 Å². The summed E-state index contributed by atoms with van der Waals surface area (Å²) < 4.78 is 0. The van der Waals surface area contributed by atoms with E-state index in [-0.39, 0.29) is 23.9 Å². The molecule has 1 fully saturated rings. The van der Waals surface area contributed by atoms with Crippen LogP contribution in [-0.4, -0.2) is 48.4 Å². The zero-order chi connectivity index (χ0) is 21.1. The van der Waals surface area contributed by atoms with Crippen LogP contribution in [0, 0.1) is 0 Å². The molecular formula is C22H34N4O3. The summed E-state index contributed by atoms with van der Waals surface area (Å²) in [5.74, 6) is -0.118. The first-order chi connectivity index (χ1) is 14.0. The topological polar surface area (TPSA) is 90.5 Å². The van der Waals surface area contributed by atoms with E-state index in [1.54, 1.807) is 29.2 Å². The fraction of sp³-hybridized carbons (Fsp3) is 0.591. The molecule has 0 bridgehead atoms. The van der Waals surface area contributed by atoms with Crippen molar-refractivity contribution in [1.82, 2.24) is 15.5 Å². The second kappa shape index (κ2) is 12.1. The molecule has 0 spiro atoms. The van der Waals surface area contributed by atoms with Crippen LogP contribution in [0.4, 0.5) is 10.5 Å². The predicted octanol–water partition coefficient (Wildman–Crippen LogP) is 3.52. The molecule has 1 saturated carbocycles. The quantitative estimate of drug-likeness (QED) is 0.552. The van der Waals surface area contributed by atoms with E-state index in [4.69, 9.17) is 0 Å². The Bertz CT molecular complexity index is 665. The van der Waals surface area contributed by atoms with Crippen LogP contribution in [0.5, 0.6) is 0 Å². The maximum Gasteiger partial charge on any atom is 0.315 e. The van der Waals surface area contributed by atoms with Crippen molar-refractivity contribution in [3.05, 3.63) is 29.8 Å². The number of rotatable bonds is 9. The largest absolute Gasteiger partial charge is 0.339 e. The van der Waals surface area contributed by atoms with Crippen molar-refractivity contribution in [1.29, 1.82) is 0 Å². The minimum Gasteiger partial charge on any atom is -0.339 e. The van der Waals surface area contributed by atoms with Crippen molar-refractivity contribution in [3.63, 3.8) is 0 Å². The molecule has 0 aliphatic heterocycles. The Morgan fingerprint density at radius 1 is 1.00 bits per heavy atom. The average Bonchev–Trinajstić information content (AvgIpc) is 2.73. The van der Waals surface area contributed by atoms with Crippen LogP contribution < -0.4 is 16.0 Å². The van der Waals surface area contributed by atoms with E-state index in [0.717, 1.165) is 12.8 Å². The molecule has 0 saturated heterocycles. The SMILES string of the molecule is CCN(CC)C(=O)c1ccc(NC(=O)CCCNC(=O)NC2CCCCC2)cc1. The molecule has 7 nitrogen and oxygen atoms in total. The molecule has 0 atom stereocenters. The molecule has 160 valence electrons. The first-order valence-corrected chi connectivity index (χ1v) is 10.8. The van der Waals surface area contributed by atoms with Crippen LogP contribution in [0.1, 0.15) is 69.2 Å². The highest BCUT2D eigenvalue weighted by Gasteiger charge is 2.15. The van der Waals surface area contributed by atoms with Gasteiger partial charge in [-0.3, -0.25) is 9.59 Å². The number of nitrogens with zero attached hydrogens (tertiary/aromatic N) is 1. The van der Waals surface area contributed by atoms with E-state index in [1.165, 1.54) is 19.3 Å². The van der Waals surface area contributed by atoms with Gasteiger partial charge >= 0.3 is 6.03 Å². The summed E-state index contributed by atoms with van der Waals surface area (Å²) in [5.41, 5.74) is 1.27. The maximum absolute atomic E-state index is 12.3. The summed E-state index contributed by atoms with van der Waals surface area (Å²) in [7, 11) is 0. The standard InChI is InChI=1S/C22H34N4O3/c1-3-26(4-2)21(28)17-12-14-19(15-13-17)24-20(27)11-8-16-23-22(29)25-18-9-6-5-7-10-18/h12-15,18H,3-11,16H2,1-2H3,(H,24,27)(H2,23,25,29). The molecule has 1 aliphatic rings. The molecule has 0 aromatic heterocycles. The van der Waals surface area contributed by atoms with Crippen molar-refractivity contribution in [2.75, 3.05) is 25.0 Å². The number of anilines is 1. The van der Waals surface area contributed by atoms with Gasteiger partial charge in [0, 0.05) is 43.3 Å². The molecule has 1 aromatic carbocycles. The summed E-state index contributed by atoms with van der Waals surface area (Å²) in [5, 5.41) is 8.64. The number of hydrogen-bond acceptors (Lipinski definition) is 3. The first-order valence-electron chi connectivity index (χ1n) is 10.8. The third kappa shape index (κ3) is 7.75. The van der Waals surface area contributed by atoms with Gasteiger partial charge in [-0.25, -0.2) is 4.79 Å². The Kier molecular flexibility index (Phi) is 9.47. The van der Waals surface area contributed by atoms with Crippen LogP contribution in [0.3, 0.4) is 0 Å². The second-order valence-corrected chi connectivity index (χ2v) is 7.44. The van der Waals surface area contributed by atoms with Gasteiger partial charge in [-0.05, 0) is 57.4 Å². The molecule has 1 aliphatic carbocycles. The summed E-state index contributed by atoms with van der Waals surface area (Å²) in [6, 6.07) is 7.07. The van der Waals surface area contributed by atoms with Crippen molar-refractivity contribution < 1.29 is 14.4 Å². The molecule has 0 heterocycles. The highest BCUT2D eigenvalue weighted by atomic mass is 16.2. The highest BCUT2D eigenvalue weighted by Crippen LogP contribution is 2.17. The minimum absolute atomic E-state index is 0.00884. The Morgan fingerprint density at radius 3 is 2.28 bits per heavy atom. The van der Waals surface area contributed by atoms with Gasteiger partial charge < -0.3 is 20.9 Å². The molecule has 0 radical (unpaired) electrons. The molecule has 7 heteroatoms. The fourth-order valence-corrected chi connectivity index (χ4v) is 3.55. The van der Waals surface area contributed by atoms with Crippen molar-refractivity contribution in [2.45, 2.75) is 64.8 Å². The van der Waals surface area contributed by atoms with Gasteiger partial charge in [0.05, 0.1) is 0 Å². The molecule has 0 unspecified atom stereocenters. The fourth-order valence-electron chi connectivity index (χ4n) is 3.55. The lowest BCUT2D eigenvalue weighted by molar-refractivity contribution is -0.116. The van der Waals surface area contributed by atoms with E-state index in [2.05, 4.69) is 16.0 Å². The van der Waals surface area contributed by atoms with Gasteiger partial charge in [-0.15, -0.1) is 0 Å². The Hall–Kier alpha value is -2.57. The van der Waals surface area contributed by atoms with Crippen LogP contribution in [-0.2, 0) is 4.79 Å². The Balaban J connectivity index is 1.65. The number of carbonyl (C=O) groups is 3. The lowest BCUT2D eigenvalue weighted by Crippen LogP contribution is -2.43. The monoisotopic (exact) mass is 402 g/mol. The van der Waals surface area contributed by atoms with Gasteiger partial charge in [0.1, 0.15) is 0 Å². The van der Waals surface area contributed by atoms with Gasteiger partial charge in [-0.1, -0.05) is 19.3 Å². The molecule has 3 N–H and O–H groups in total. The lowest BCUT2D eigenvalue weighted by atomic mass is 9.96. The lowest BCUT2D eigenvalue weighted by Gasteiger charge is -2.22. The number of amides is 4. The molecule has 4 amide bonds. The third-order valence-corrected chi connectivity index (χ3v) is 5.27. The minimum atomic E-state index is -0.147. The average molecular weight is 403 g/mol. The number of hydrogen-bond donors (Lipinski definition) is 3. The Morgan fingerprint density at radius 2 is 1.66 bits per heavy atom. The van der Waals surface area contributed by atoms with E-state index in [9.17, 15) is 14.4 Å². The smallest absolute Gasteiger partial charge is 0.315 e. The highest BCUT2D eigenvalue weighted by molar-refractivity contribution is 5.95. The number of carbonyl (C=O) groups excluding carboxylic acids is 3. The van der Waals surface area contributed by atoms with Gasteiger partial charge in [0.25, 0.3) is 5.91 Å². The van der Waals surface area contributed by atoms with E-state index in [0.29, 0.717) is 43.7 Å². The summed E-state index contributed by atoms with van der Waals surface area (Å²) in [6.45, 7) is 5.69. The molecule has 1 aromatic rings. The van der Waals surface area contributed by atoms with Crippen molar-refractivity contribution in [3.8, 4) is 0 Å². The van der Waals surface area contributed by atoms with E-state index in [1.807, 2.05) is 13.8 Å².